The highest BCUT2D eigenvalue weighted by atomic mass is 79.9. The van der Waals surface area contributed by atoms with Crippen LogP contribution in [0.15, 0.2) is 22.7 Å². The van der Waals surface area contributed by atoms with E-state index in [2.05, 4.69) is 21.2 Å². The lowest BCUT2D eigenvalue weighted by Gasteiger charge is -2.31. The number of benzene rings is 1. The molecule has 17 heavy (non-hydrogen) atoms. The molecule has 0 aliphatic heterocycles. The molecule has 0 saturated carbocycles. The Morgan fingerprint density at radius 1 is 1.29 bits per heavy atom. The van der Waals surface area contributed by atoms with Crippen molar-refractivity contribution in [3.8, 4) is 0 Å². The second-order valence-electron chi connectivity index (χ2n) is 4.28. The van der Waals surface area contributed by atoms with Gasteiger partial charge in [0.2, 0.25) is 0 Å². The third kappa shape index (κ3) is 4.05. The van der Waals surface area contributed by atoms with Gasteiger partial charge in [-0.1, -0.05) is 29.8 Å². The van der Waals surface area contributed by atoms with Gasteiger partial charge in [-0.15, -0.1) is 0 Å². The second kappa shape index (κ2) is 6.47. The molecule has 96 valence electrons. The van der Waals surface area contributed by atoms with E-state index in [0.717, 1.165) is 22.9 Å². The van der Waals surface area contributed by atoms with Crippen molar-refractivity contribution in [2.24, 2.45) is 0 Å². The summed E-state index contributed by atoms with van der Waals surface area (Å²) in [7, 11) is 0. The quantitative estimate of drug-likeness (QED) is 0.846. The van der Waals surface area contributed by atoms with Gasteiger partial charge in [0.1, 0.15) is 5.82 Å². The smallest absolute Gasteiger partial charge is 0.124 e. The maximum atomic E-state index is 13.2. The molecule has 0 spiro atoms. The minimum atomic E-state index is -0.265. The fourth-order valence-electron chi connectivity index (χ4n) is 1.78. The number of halogens is 2. The minimum absolute atomic E-state index is 0.0937. The standard InChI is InChI=1S/C13H19BrFNO/c1-3-13(4-2,9-17)16-8-10-5-11(14)7-12(15)6-10/h5-7,16-17H,3-4,8-9H2,1-2H3. The summed E-state index contributed by atoms with van der Waals surface area (Å²) >= 11 is 3.27. The summed E-state index contributed by atoms with van der Waals surface area (Å²) in [6.45, 7) is 4.72. The first kappa shape index (κ1) is 14.6. The van der Waals surface area contributed by atoms with Gasteiger partial charge in [0.05, 0.1) is 6.61 Å². The Kier molecular flexibility index (Phi) is 5.56. The van der Waals surface area contributed by atoms with Crippen LogP contribution in [-0.2, 0) is 6.54 Å². The van der Waals surface area contributed by atoms with Gasteiger partial charge in [-0.3, -0.25) is 0 Å². The zero-order valence-corrected chi connectivity index (χ0v) is 11.8. The molecular weight excluding hydrogens is 285 g/mol. The fourth-order valence-corrected chi connectivity index (χ4v) is 2.29. The summed E-state index contributed by atoms with van der Waals surface area (Å²) in [5.41, 5.74) is 0.607. The molecule has 0 bridgehead atoms. The van der Waals surface area contributed by atoms with Crippen molar-refractivity contribution >= 4 is 15.9 Å². The third-order valence-corrected chi connectivity index (χ3v) is 3.70. The van der Waals surface area contributed by atoms with E-state index in [1.54, 1.807) is 0 Å². The molecule has 0 unspecified atom stereocenters. The maximum absolute atomic E-state index is 13.2. The molecule has 2 N–H and O–H groups in total. The molecule has 0 saturated heterocycles. The molecule has 2 nitrogen and oxygen atoms in total. The summed E-state index contributed by atoms with van der Waals surface area (Å²) in [4.78, 5) is 0. The van der Waals surface area contributed by atoms with Gasteiger partial charge in [-0.2, -0.15) is 0 Å². The molecule has 4 heteroatoms. The summed E-state index contributed by atoms with van der Waals surface area (Å²) in [5.74, 6) is -0.251. The molecule has 0 aliphatic carbocycles. The van der Waals surface area contributed by atoms with Crippen LogP contribution in [-0.4, -0.2) is 17.3 Å². The summed E-state index contributed by atoms with van der Waals surface area (Å²) < 4.78 is 13.9. The minimum Gasteiger partial charge on any atom is -0.394 e. The van der Waals surface area contributed by atoms with Gasteiger partial charge < -0.3 is 10.4 Å². The van der Waals surface area contributed by atoms with Crippen molar-refractivity contribution in [2.75, 3.05) is 6.61 Å². The summed E-state index contributed by atoms with van der Waals surface area (Å²) in [6.07, 6.45) is 1.69. The molecule has 0 aliphatic rings. The van der Waals surface area contributed by atoms with Gasteiger partial charge in [0.25, 0.3) is 0 Å². The number of rotatable bonds is 6. The van der Waals surface area contributed by atoms with E-state index in [4.69, 9.17) is 0 Å². The lowest BCUT2D eigenvalue weighted by molar-refractivity contribution is 0.149. The first-order chi connectivity index (χ1) is 8.05. The van der Waals surface area contributed by atoms with E-state index in [9.17, 15) is 9.50 Å². The Morgan fingerprint density at radius 3 is 2.41 bits per heavy atom. The lowest BCUT2D eigenvalue weighted by atomic mass is 9.93. The highest BCUT2D eigenvalue weighted by molar-refractivity contribution is 9.10. The molecule has 0 amide bonds. The van der Waals surface area contributed by atoms with Crippen molar-refractivity contribution in [3.63, 3.8) is 0 Å². The van der Waals surface area contributed by atoms with E-state index < -0.39 is 0 Å². The van der Waals surface area contributed by atoms with E-state index in [1.165, 1.54) is 12.1 Å². The molecule has 0 aromatic heterocycles. The Hall–Kier alpha value is -0.450. The molecule has 1 rings (SSSR count). The van der Waals surface area contributed by atoms with Crippen LogP contribution >= 0.6 is 15.9 Å². The van der Waals surface area contributed by atoms with E-state index >= 15 is 0 Å². The van der Waals surface area contributed by atoms with Gasteiger partial charge in [-0.05, 0) is 36.6 Å². The molecule has 1 aromatic carbocycles. The molecular formula is C13H19BrFNO. The zero-order chi connectivity index (χ0) is 12.9. The number of aliphatic hydroxyl groups excluding tert-OH is 1. The van der Waals surface area contributed by atoms with Crippen molar-refractivity contribution in [1.82, 2.24) is 5.32 Å². The Balaban J connectivity index is 2.71. The SMILES string of the molecule is CCC(CC)(CO)NCc1cc(F)cc(Br)c1. The van der Waals surface area contributed by atoms with Gasteiger partial charge in [0.15, 0.2) is 0 Å². The van der Waals surface area contributed by atoms with Crippen LogP contribution in [0.25, 0.3) is 0 Å². The van der Waals surface area contributed by atoms with Crippen LogP contribution in [0, 0.1) is 5.82 Å². The average Bonchev–Trinajstić information content (AvgIpc) is 2.30. The highest BCUT2D eigenvalue weighted by Crippen LogP contribution is 2.18. The molecule has 0 fully saturated rings. The molecule has 0 heterocycles. The van der Waals surface area contributed by atoms with Crippen LogP contribution in [0.4, 0.5) is 4.39 Å². The monoisotopic (exact) mass is 303 g/mol. The highest BCUT2D eigenvalue weighted by Gasteiger charge is 2.23. The van der Waals surface area contributed by atoms with Crippen LogP contribution in [0.2, 0.25) is 0 Å². The average molecular weight is 304 g/mol. The predicted octanol–water partition coefficient (Wildman–Crippen LogP) is 3.23. The predicted molar refractivity (Wildman–Crippen MR) is 71.3 cm³/mol. The summed E-state index contributed by atoms with van der Waals surface area (Å²) in [5, 5.41) is 12.7. The van der Waals surface area contributed by atoms with Crippen LogP contribution < -0.4 is 5.32 Å². The third-order valence-electron chi connectivity index (χ3n) is 3.25. The van der Waals surface area contributed by atoms with E-state index in [-0.39, 0.29) is 18.0 Å². The zero-order valence-electron chi connectivity index (χ0n) is 10.3. The summed E-state index contributed by atoms with van der Waals surface area (Å²) in [6, 6.07) is 4.82. The molecule has 0 atom stereocenters. The Morgan fingerprint density at radius 2 is 1.94 bits per heavy atom. The molecule has 0 radical (unpaired) electrons. The van der Waals surface area contributed by atoms with Gasteiger partial charge in [0, 0.05) is 16.6 Å². The van der Waals surface area contributed by atoms with Gasteiger partial charge in [-0.25, -0.2) is 4.39 Å². The fraction of sp³-hybridized carbons (Fsp3) is 0.538. The largest absolute Gasteiger partial charge is 0.394 e. The number of nitrogens with one attached hydrogen (secondary N) is 1. The van der Waals surface area contributed by atoms with Crippen molar-refractivity contribution in [2.45, 2.75) is 38.8 Å². The number of hydrogen-bond donors (Lipinski definition) is 2. The number of aliphatic hydroxyl groups is 1. The Labute approximate surface area is 110 Å². The van der Waals surface area contributed by atoms with Crippen LogP contribution in [0.1, 0.15) is 32.3 Å². The van der Waals surface area contributed by atoms with Crippen LogP contribution in [0.3, 0.4) is 0 Å². The van der Waals surface area contributed by atoms with E-state index in [0.29, 0.717) is 6.54 Å². The normalized spacial score (nSPS) is 11.8. The number of hydrogen-bond acceptors (Lipinski definition) is 2. The first-order valence-corrected chi connectivity index (χ1v) is 6.65. The van der Waals surface area contributed by atoms with Crippen molar-refractivity contribution < 1.29 is 9.50 Å². The van der Waals surface area contributed by atoms with Crippen molar-refractivity contribution in [1.29, 1.82) is 0 Å². The topological polar surface area (TPSA) is 32.3 Å². The van der Waals surface area contributed by atoms with Crippen molar-refractivity contribution in [3.05, 3.63) is 34.1 Å². The van der Waals surface area contributed by atoms with E-state index in [1.807, 2.05) is 19.9 Å². The lowest BCUT2D eigenvalue weighted by Crippen LogP contribution is -2.47. The second-order valence-corrected chi connectivity index (χ2v) is 5.19. The van der Waals surface area contributed by atoms with Gasteiger partial charge >= 0.3 is 0 Å². The first-order valence-electron chi connectivity index (χ1n) is 5.86. The van der Waals surface area contributed by atoms with Crippen LogP contribution in [0.5, 0.6) is 0 Å². The molecule has 1 aromatic rings. The maximum Gasteiger partial charge on any atom is 0.124 e. The Bertz CT molecular complexity index is 338.